The molecule has 2 fully saturated rings. The molecule has 2 aliphatic heterocycles. The maximum absolute atomic E-state index is 13.3. The Hall–Kier alpha value is -1.12. The molecule has 2 aliphatic rings. The van der Waals surface area contributed by atoms with Crippen LogP contribution in [0.1, 0.15) is 31.2 Å². The molecule has 35 heavy (non-hydrogen) atoms. The lowest BCUT2D eigenvalue weighted by atomic mass is 10.0. The molecule has 0 unspecified atom stereocenters. The fourth-order valence-corrected chi connectivity index (χ4v) is 4.70. The minimum absolute atomic E-state index is 0. The van der Waals surface area contributed by atoms with Gasteiger partial charge in [-0.25, -0.2) is 4.39 Å². The van der Waals surface area contributed by atoms with Crippen LogP contribution in [-0.4, -0.2) is 68.9 Å². The van der Waals surface area contributed by atoms with Crippen LogP contribution in [0.15, 0.2) is 48.5 Å². The monoisotopic (exact) mass is 548 g/mol. The fraction of sp³-hybridized carbons (Fsp3) is 0.538. The average Bonchev–Trinajstić information content (AvgIpc) is 3.30. The quantitative estimate of drug-likeness (QED) is 0.375. The molecule has 2 aromatic carbocycles. The van der Waals surface area contributed by atoms with Crippen molar-refractivity contribution >= 4 is 36.4 Å². The van der Waals surface area contributed by atoms with Crippen LogP contribution < -0.4 is 4.74 Å². The third-order valence-electron chi connectivity index (χ3n) is 6.53. The van der Waals surface area contributed by atoms with E-state index in [0.717, 1.165) is 74.7 Å². The highest BCUT2D eigenvalue weighted by Crippen LogP contribution is 2.36. The average molecular weight is 550 g/mol. The van der Waals surface area contributed by atoms with Crippen LogP contribution in [0.2, 0.25) is 5.02 Å². The normalized spacial score (nSPS) is 18.2. The van der Waals surface area contributed by atoms with Gasteiger partial charge in [0.1, 0.15) is 17.7 Å². The van der Waals surface area contributed by atoms with Crippen LogP contribution in [0.25, 0.3) is 0 Å². The van der Waals surface area contributed by atoms with E-state index in [-0.39, 0.29) is 36.7 Å². The first-order valence-electron chi connectivity index (χ1n) is 11.9. The van der Waals surface area contributed by atoms with Crippen molar-refractivity contribution < 1.29 is 18.6 Å². The van der Waals surface area contributed by atoms with E-state index in [0.29, 0.717) is 13.2 Å². The summed E-state index contributed by atoms with van der Waals surface area (Å²) in [6.45, 7) is 6.30. The second kappa shape index (κ2) is 14.6. The van der Waals surface area contributed by atoms with Gasteiger partial charge in [0, 0.05) is 43.2 Å². The summed E-state index contributed by atoms with van der Waals surface area (Å²) in [6.07, 6.45) is 4.07. The van der Waals surface area contributed by atoms with E-state index in [2.05, 4.69) is 16.8 Å². The van der Waals surface area contributed by atoms with Gasteiger partial charge in [0.05, 0.1) is 13.2 Å². The number of nitrogens with zero attached hydrogens (tertiary/aromatic N) is 2. The number of rotatable bonds is 10. The van der Waals surface area contributed by atoms with Gasteiger partial charge >= 0.3 is 0 Å². The third-order valence-corrected chi connectivity index (χ3v) is 6.78. The number of halogens is 4. The molecule has 0 radical (unpaired) electrons. The number of hydrogen-bond acceptors (Lipinski definition) is 5. The largest absolute Gasteiger partial charge is 0.490 e. The highest BCUT2D eigenvalue weighted by molar-refractivity contribution is 6.30. The maximum atomic E-state index is 13.3. The molecule has 0 atom stereocenters. The molecule has 5 nitrogen and oxygen atoms in total. The van der Waals surface area contributed by atoms with E-state index in [9.17, 15) is 4.39 Å². The van der Waals surface area contributed by atoms with Gasteiger partial charge in [0.15, 0.2) is 5.79 Å². The zero-order chi connectivity index (χ0) is 23.1. The molecule has 4 rings (SSSR count). The van der Waals surface area contributed by atoms with Crippen molar-refractivity contribution in [1.29, 1.82) is 0 Å². The molecule has 2 saturated heterocycles. The van der Waals surface area contributed by atoms with Crippen molar-refractivity contribution in [2.45, 2.75) is 37.6 Å². The van der Waals surface area contributed by atoms with Crippen LogP contribution in [-0.2, 0) is 15.3 Å². The van der Waals surface area contributed by atoms with Crippen LogP contribution in [0, 0.1) is 5.82 Å². The maximum Gasteiger partial charge on any atom is 0.195 e. The Kier molecular flexibility index (Phi) is 12.5. The molecule has 2 heterocycles. The number of likely N-dealkylation sites (tertiary alicyclic amines) is 1. The molecule has 0 aliphatic carbocycles. The van der Waals surface area contributed by atoms with Crippen molar-refractivity contribution in [2.75, 3.05) is 53.0 Å². The van der Waals surface area contributed by atoms with Crippen LogP contribution >= 0.6 is 36.4 Å². The lowest BCUT2D eigenvalue weighted by molar-refractivity contribution is -0.172. The molecule has 0 amide bonds. The summed E-state index contributed by atoms with van der Waals surface area (Å²) in [5.74, 6) is -0.0843. The van der Waals surface area contributed by atoms with Crippen molar-refractivity contribution in [3.8, 4) is 5.75 Å². The molecular formula is C26H36Cl3FN2O3. The van der Waals surface area contributed by atoms with E-state index in [1.54, 1.807) is 12.1 Å². The number of piperidine rings is 1. The van der Waals surface area contributed by atoms with Crippen LogP contribution in [0.3, 0.4) is 0 Å². The fourth-order valence-electron chi connectivity index (χ4n) is 4.58. The lowest BCUT2D eigenvalue weighted by Gasteiger charge is -2.33. The summed E-state index contributed by atoms with van der Waals surface area (Å²) < 4.78 is 31.4. The summed E-state index contributed by atoms with van der Waals surface area (Å²) in [6, 6.07) is 14.1. The van der Waals surface area contributed by atoms with Crippen molar-refractivity contribution in [1.82, 2.24) is 9.80 Å². The predicted molar refractivity (Wildman–Crippen MR) is 143 cm³/mol. The number of ether oxygens (including phenoxy) is 3. The summed E-state index contributed by atoms with van der Waals surface area (Å²) in [5.41, 5.74) is 0.896. The Morgan fingerprint density at radius 2 is 1.63 bits per heavy atom. The minimum Gasteiger partial charge on any atom is -0.490 e. The van der Waals surface area contributed by atoms with Crippen LogP contribution in [0.4, 0.5) is 4.39 Å². The highest BCUT2D eigenvalue weighted by atomic mass is 35.5. The molecule has 0 bridgehead atoms. The Morgan fingerprint density at radius 1 is 1.00 bits per heavy atom. The third kappa shape index (κ3) is 8.74. The van der Waals surface area contributed by atoms with E-state index in [4.69, 9.17) is 25.8 Å². The van der Waals surface area contributed by atoms with Crippen LogP contribution in [0.5, 0.6) is 5.75 Å². The highest BCUT2D eigenvalue weighted by Gasteiger charge is 2.38. The summed E-state index contributed by atoms with van der Waals surface area (Å²) >= 11 is 5.95. The molecule has 196 valence electrons. The Bertz CT molecular complexity index is 859. The first-order chi connectivity index (χ1) is 16.0. The molecule has 0 N–H and O–H groups in total. The molecule has 0 spiro atoms. The summed E-state index contributed by atoms with van der Waals surface area (Å²) in [4.78, 5) is 4.88. The molecule has 0 saturated carbocycles. The van der Waals surface area contributed by atoms with Gasteiger partial charge in [-0.3, -0.25) is 0 Å². The SMILES string of the molecule is CN(CCCC1(c2ccc(F)cc2)OCCO1)CCN1CCC(Oc2ccc(Cl)cc2)CC1.Cl.Cl. The molecular weight excluding hydrogens is 514 g/mol. The van der Waals surface area contributed by atoms with Gasteiger partial charge in [-0.05, 0) is 69.3 Å². The molecule has 9 heteroatoms. The van der Waals surface area contributed by atoms with Crippen molar-refractivity contribution in [2.24, 2.45) is 0 Å². The second-order valence-electron chi connectivity index (χ2n) is 8.98. The van der Waals surface area contributed by atoms with E-state index >= 15 is 0 Å². The van der Waals surface area contributed by atoms with Gasteiger partial charge in [-0.2, -0.15) is 0 Å². The number of likely N-dealkylation sites (N-methyl/N-ethyl adjacent to an activating group) is 1. The van der Waals surface area contributed by atoms with E-state index < -0.39 is 5.79 Å². The van der Waals surface area contributed by atoms with Crippen molar-refractivity contribution in [3.05, 3.63) is 64.9 Å². The standard InChI is InChI=1S/C26H34ClFN2O3.2ClH/c1-29(14-2-13-26(31-19-20-32-26)21-3-7-23(28)8-4-21)17-18-30-15-11-25(12-16-30)33-24-9-5-22(27)6-10-24;;/h3-10,25H,2,11-20H2,1H3;2*1H. The second-order valence-corrected chi connectivity index (χ2v) is 9.41. The predicted octanol–water partition coefficient (Wildman–Crippen LogP) is 5.78. The number of benzene rings is 2. The Morgan fingerprint density at radius 3 is 2.26 bits per heavy atom. The summed E-state index contributed by atoms with van der Waals surface area (Å²) in [7, 11) is 2.16. The Labute approximate surface area is 225 Å². The number of hydrogen-bond donors (Lipinski definition) is 0. The first kappa shape index (κ1) is 30.1. The topological polar surface area (TPSA) is 34.2 Å². The van der Waals surface area contributed by atoms with E-state index in [1.165, 1.54) is 12.1 Å². The lowest BCUT2D eigenvalue weighted by Crippen LogP contribution is -2.41. The van der Waals surface area contributed by atoms with Gasteiger partial charge in [0.25, 0.3) is 0 Å². The van der Waals surface area contributed by atoms with Crippen molar-refractivity contribution in [3.63, 3.8) is 0 Å². The molecule has 2 aromatic rings. The zero-order valence-electron chi connectivity index (χ0n) is 20.2. The van der Waals surface area contributed by atoms with Gasteiger partial charge in [0.2, 0.25) is 0 Å². The van der Waals surface area contributed by atoms with Gasteiger partial charge in [-0.1, -0.05) is 23.7 Å². The summed E-state index contributed by atoms with van der Waals surface area (Å²) in [5, 5.41) is 0.732. The zero-order valence-corrected chi connectivity index (χ0v) is 22.6. The Balaban J connectivity index is 0.00000216. The molecule has 0 aromatic heterocycles. The first-order valence-corrected chi connectivity index (χ1v) is 12.3. The smallest absolute Gasteiger partial charge is 0.195 e. The van der Waals surface area contributed by atoms with E-state index in [1.807, 2.05) is 24.3 Å². The van der Waals surface area contributed by atoms with Gasteiger partial charge in [-0.15, -0.1) is 24.8 Å². The van der Waals surface area contributed by atoms with Gasteiger partial charge < -0.3 is 24.0 Å². The minimum atomic E-state index is -0.736.